The number of anilines is 2. The van der Waals surface area contributed by atoms with E-state index in [9.17, 15) is 0 Å². The van der Waals surface area contributed by atoms with Gasteiger partial charge in [-0.15, -0.1) is 0 Å². The topological polar surface area (TPSA) is 61.8 Å². The Balaban J connectivity index is 2.04. The molecule has 0 aliphatic carbocycles. The Morgan fingerprint density at radius 2 is 1.89 bits per heavy atom. The van der Waals surface area contributed by atoms with E-state index in [1.165, 1.54) is 0 Å². The molecule has 0 saturated heterocycles. The summed E-state index contributed by atoms with van der Waals surface area (Å²) in [4.78, 5) is 0. The molecular formula is C14H12IN3. The number of hydrogen-bond acceptors (Lipinski definition) is 3. The monoisotopic (exact) mass is 349 g/mol. The smallest absolute Gasteiger partial charge is 0.0991 e. The molecule has 0 aliphatic rings. The molecule has 0 heterocycles. The summed E-state index contributed by atoms with van der Waals surface area (Å²) in [5, 5.41) is 12.0. The van der Waals surface area contributed by atoms with Gasteiger partial charge in [0.15, 0.2) is 0 Å². The average Bonchev–Trinajstić information content (AvgIpc) is 2.38. The number of nitrogens with zero attached hydrogens (tertiary/aromatic N) is 1. The Hall–Kier alpha value is -1.74. The Labute approximate surface area is 120 Å². The van der Waals surface area contributed by atoms with Crippen molar-refractivity contribution in [2.75, 3.05) is 11.1 Å². The van der Waals surface area contributed by atoms with E-state index in [4.69, 9.17) is 11.0 Å². The molecule has 0 unspecified atom stereocenters. The van der Waals surface area contributed by atoms with Gasteiger partial charge in [-0.3, -0.25) is 0 Å². The van der Waals surface area contributed by atoms with E-state index >= 15 is 0 Å². The summed E-state index contributed by atoms with van der Waals surface area (Å²) in [7, 11) is 0. The number of hydrogen-bond donors (Lipinski definition) is 2. The Morgan fingerprint density at radius 1 is 1.17 bits per heavy atom. The maximum atomic E-state index is 8.72. The van der Waals surface area contributed by atoms with Crippen molar-refractivity contribution in [1.29, 1.82) is 5.26 Å². The number of nitrogens with one attached hydrogen (secondary N) is 1. The summed E-state index contributed by atoms with van der Waals surface area (Å²) in [5.41, 5.74) is 9.39. The minimum Gasteiger partial charge on any atom is -0.397 e. The van der Waals surface area contributed by atoms with Gasteiger partial charge in [-0.1, -0.05) is 12.1 Å². The first-order chi connectivity index (χ1) is 8.69. The SMILES string of the molecule is N#Cc1ccc(CNc2ccc(I)cc2N)cc1. The standard InChI is InChI=1S/C14H12IN3/c15-12-5-6-14(13(17)7-12)18-9-11-3-1-10(8-16)2-4-11/h1-7,18H,9,17H2. The molecule has 0 radical (unpaired) electrons. The summed E-state index contributed by atoms with van der Waals surface area (Å²) in [5.74, 6) is 0. The molecule has 2 aromatic rings. The number of nitrogens with two attached hydrogens (primary N) is 1. The van der Waals surface area contributed by atoms with Crippen LogP contribution in [0.1, 0.15) is 11.1 Å². The van der Waals surface area contributed by atoms with Crippen LogP contribution in [0.3, 0.4) is 0 Å². The van der Waals surface area contributed by atoms with Gasteiger partial charge in [0.25, 0.3) is 0 Å². The summed E-state index contributed by atoms with van der Waals surface area (Å²) in [6.45, 7) is 0.691. The Morgan fingerprint density at radius 3 is 2.50 bits per heavy atom. The normalized spacial score (nSPS) is 9.78. The van der Waals surface area contributed by atoms with Crippen LogP contribution in [0.4, 0.5) is 11.4 Å². The van der Waals surface area contributed by atoms with E-state index in [2.05, 4.69) is 34.0 Å². The highest BCUT2D eigenvalue weighted by Gasteiger charge is 2.00. The van der Waals surface area contributed by atoms with Gasteiger partial charge in [-0.25, -0.2) is 0 Å². The lowest BCUT2D eigenvalue weighted by molar-refractivity contribution is 1.15. The van der Waals surface area contributed by atoms with Gasteiger partial charge in [0.05, 0.1) is 23.0 Å². The van der Waals surface area contributed by atoms with Crippen molar-refractivity contribution in [3.05, 3.63) is 57.2 Å². The van der Waals surface area contributed by atoms with Crippen molar-refractivity contribution in [3.8, 4) is 6.07 Å². The zero-order valence-corrected chi connectivity index (χ0v) is 11.8. The molecule has 18 heavy (non-hydrogen) atoms. The number of rotatable bonds is 3. The third-order valence-corrected chi connectivity index (χ3v) is 3.25. The molecule has 4 heteroatoms. The summed E-state index contributed by atoms with van der Waals surface area (Å²) >= 11 is 2.23. The van der Waals surface area contributed by atoms with E-state index in [0.29, 0.717) is 12.1 Å². The van der Waals surface area contributed by atoms with Crippen LogP contribution in [-0.2, 0) is 6.54 Å². The highest BCUT2D eigenvalue weighted by molar-refractivity contribution is 14.1. The number of halogens is 1. The lowest BCUT2D eigenvalue weighted by Crippen LogP contribution is -2.02. The molecule has 2 aromatic carbocycles. The fraction of sp³-hybridized carbons (Fsp3) is 0.0714. The van der Waals surface area contributed by atoms with Gasteiger partial charge in [-0.2, -0.15) is 5.26 Å². The molecular weight excluding hydrogens is 337 g/mol. The zero-order chi connectivity index (χ0) is 13.0. The Bertz CT molecular complexity index is 585. The molecule has 0 aliphatic heterocycles. The molecule has 0 aromatic heterocycles. The molecule has 3 N–H and O–H groups in total. The van der Waals surface area contributed by atoms with E-state index in [1.807, 2.05) is 42.5 Å². The maximum Gasteiger partial charge on any atom is 0.0991 e. The number of nitrogen functional groups attached to an aromatic ring is 1. The quantitative estimate of drug-likeness (QED) is 0.660. The lowest BCUT2D eigenvalue weighted by atomic mass is 10.1. The predicted molar refractivity (Wildman–Crippen MR) is 82.1 cm³/mol. The van der Waals surface area contributed by atoms with Crippen LogP contribution in [0.25, 0.3) is 0 Å². The third-order valence-electron chi connectivity index (χ3n) is 2.58. The molecule has 0 bridgehead atoms. The highest BCUT2D eigenvalue weighted by atomic mass is 127. The van der Waals surface area contributed by atoms with Crippen molar-refractivity contribution in [2.24, 2.45) is 0 Å². The molecule has 0 fully saturated rings. The average molecular weight is 349 g/mol. The lowest BCUT2D eigenvalue weighted by Gasteiger charge is -2.09. The zero-order valence-electron chi connectivity index (χ0n) is 9.65. The minimum absolute atomic E-state index is 0.674. The van der Waals surface area contributed by atoms with Crippen molar-refractivity contribution in [2.45, 2.75) is 6.54 Å². The first kappa shape index (κ1) is 12.7. The Kier molecular flexibility index (Phi) is 4.05. The van der Waals surface area contributed by atoms with Crippen LogP contribution in [0.2, 0.25) is 0 Å². The number of benzene rings is 2. The second-order valence-electron chi connectivity index (χ2n) is 3.89. The molecule has 2 rings (SSSR count). The van der Waals surface area contributed by atoms with Gasteiger partial charge in [0, 0.05) is 10.1 Å². The van der Waals surface area contributed by atoms with E-state index in [1.54, 1.807) is 0 Å². The molecule has 3 nitrogen and oxygen atoms in total. The maximum absolute atomic E-state index is 8.72. The molecule has 0 atom stereocenters. The summed E-state index contributed by atoms with van der Waals surface area (Å²) in [6.07, 6.45) is 0. The van der Waals surface area contributed by atoms with Gasteiger partial charge in [-0.05, 0) is 58.5 Å². The molecule has 90 valence electrons. The fourth-order valence-electron chi connectivity index (χ4n) is 1.59. The first-order valence-corrected chi connectivity index (χ1v) is 6.55. The van der Waals surface area contributed by atoms with Gasteiger partial charge in [0.1, 0.15) is 0 Å². The van der Waals surface area contributed by atoms with Gasteiger partial charge >= 0.3 is 0 Å². The van der Waals surface area contributed by atoms with E-state index in [-0.39, 0.29) is 0 Å². The molecule has 0 saturated carbocycles. The minimum atomic E-state index is 0.674. The van der Waals surface area contributed by atoms with Crippen molar-refractivity contribution in [1.82, 2.24) is 0 Å². The number of nitriles is 1. The fourth-order valence-corrected chi connectivity index (χ4v) is 2.10. The van der Waals surface area contributed by atoms with Crippen LogP contribution in [0, 0.1) is 14.9 Å². The van der Waals surface area contributed by atoms with Gasteiger partial charge < -0.3 is 11.1 Å². The van der Waals surface area contributed by atoms with Crippen LogP contribution in [-0.4, -0.2) is 0 Å². The predicted octanol–water partition coefficient (Wildman–Crippen LogP) is 3.36. The van der Waals surface area contributed by atoms with E-state index in [0.717, 1.165) is 20.5 Å². The van der Waals surface area contributed by atoms with Crippen molar-refractivity contribution >= 4 is 34.0 Å². The third kappa shape index (κ3) is 3.14. The van der Waals surface area contributed by atoms with Crippen LogP contribution in [0.15, 0.2) is 42.5 Å². The second kappa shape index (κ2) is 5.74. The largest absolute Gasteiger partial charge is 0.397 e. The van der Waals surface area contributed by atoms with Crippen molar-refractivity contribution < 1.29 is 0 Å². The molecule has 0 spiro atoms. The van der Waals surface area contributed by atoms with E-state index < -0.39 is 0 Å². The summed E-state index contributed by atoms with van der Waals surface area (Å²) in [6, 6.07) is 15.5. The first-order valence-electron chi connectivity index (χ1n) is 5.47. The second-order valence-corrected chi connectivity index (χ2v) is 5.14. The van der Waals surface area contributed by atoms with Crippen LogP contribution >= 0.6 is 22.6 Å². The van der Waals surface area contributed by atoms with Crippen molar-refractivity contribution in [3.63, 3.8) is 0 Å². The highest BCUT2D eigenvalue weighted by Crippen LogP contribution is 2.21. The van der Waals surface area contributed by atoms with Crippen LogP contribution in [0.5, 0.6) is 0 Å². The van der Waals surface area contributed by atoms with Crippen LogP contribution < -0.4 is 11.1 Å². The summed E-state index contributed by atoms with van der Waals surface area (Å²) < 4.78 is 1.12. The molecule has 0 amide bonds. The van der Waals surface area contributed by atoms with Gasteiger partial charge in [0.2, 0.25) is 0 Å².